The molecule has 0 radical (unpaired) electrons. The van der Waals surface area contributed by atoms with Gasteiger partial charge in [-0.25, -0.2) is 0 Å². The Hall–Kier alpha value is -2.42. The molecule has 0 fully saturated rings. The molecule has 0 unspecified atom stereocenters. The number of carbonyl (C=O) groups is 2. The van der Waals surface area contributed by atoms with E-state index in [-0.39, 0.29) is 24.5 Å². The third-order valence-corrected chi connectivity index (χ3v) is 4.38. The molecule has 3 heteroatoms. The van der Waals surface area contributed by atoms with Crippen molar-refractivity contribution < 1.29 is 9.59 Å². The first-order valence-corrected chi connectivity index (χ1v) is 8.85. The molecular weight excluding hydrogens is 310 g/mol. The van der Waals surface area contributed by atoms with Crippen LogP contribution in [0.4, 0.5) is 5.69 Å². The van der Waals surface area contributed by atoms with Gasteiger partial charge in [0, 0.05) is 24.1 Å². The van der Waals surface area contributed by atoms with Crippen LogP contribution in [0.5, 0.6) is 0 Å². The topological polar surface area (TPSA) is 46.2 Å². The van der Waals surface area contributed by atoms with Crippen LogP contribution in [0.1, 0.15) is 53.7 Å². The first-order valence-electron chi connectivity index (χ1n) is 8.85. The summed E-state index contributed by atoms with van der Waals surface area (Å²) in [6.07, 6.45) is 1.42. The number of ketones is 1. The summed E-state index contributed by atoms with van der Waals surface area (Å²) >= 11 is 0. The Bertz CT molecular complexity index is 745. The van der Waals surface area contributed by atoms with E-state index in [1.165, 1.54) is 5.56 Å². The highest BCUT2D eigenvalue weighted by Crippen LogP contribution is 2.18. The summed E-state index contributed by atoms with van der Waals surface area (Å²) in [7, 11) is 0. The summed E-state index contributed by atoms with van der Waals surface area (Å²) in [6, 6.07) is 13.5. The summed E-state index contributed by atoms with van der Waals surface area (Å²) in [6.45, 7) is 8.34. The fourth-order valence-electron chi connectivity index (χ4n) is 2.77. The highest BCUT2D eigenvalue weighted by molar-refractivity contribution is 6.00. The molecule has 2 aromatic rings. The monoisotopic (exact) mass is 337 g/mol. The van der Waals surface area contributed by atoms with Crippen LogP contribution in [0.15, 0.2) is 42.5 Å². The lowest BCUT2D eigenvalue weighted by atomic mass is 9.99. The summed E-state index contributed by atoms with van der Waals surface area (Å²) in [5.41, 5.74) is 4.92. The van der Waals surface area contributed by atoms with Gasteiger partial charge >= 0.3 is 0 Å². The Balaban J connectivity index is 1.88. The summed E-state index contributed by atoms with van der Waals surface area (Å²) in [5.74, 6) is 0.473. The molecule has 0 aliphatic rings. The Kier molecular flexibility index (Phi) is 6.51. The van der Waals surface area contributed by atoms with Crippen molar-refractivity contribution >= 4 is 17.4 Å². The highest BCUT2D eigenvalue weighted by Gasteiger charge is 2.11. The van der Waals surface area contributed by atoms with Gasteiger partial charge in [0.2, 0.25) is 5.91 Å². The molecule has 0 aliphatic heterocycles. The molecule has 0 spiro atoms. The molecule has 25 heavy (non-hydrogen) atoms. The van der Waals surface area contributed by atoms with Crippen LogP contribution in [0.2, 0.25) is 0 Å². The molecule has 0 saturated carbocycles. The zero-order valence-corrected chi connectivity index (χ0v) is 15.6. The molecule has 0 heterocycles. The predicted octanol–water partition coefficient (Wildman–Crippen LogP) is 5.10. The lowest BCUT2D eigenvalue weighted by Gasteiger charge is -2.10. The van der Waals surface area contributed by atoms with Gasteiger partial charge in [-0.05, 0) is 48.9 Å². The molecule has 1 N–H and O–H groups in total. The molecule has 132 valence electrons. The second-order valence-electron chi connectivity index (χ2n) is 7.01. The normalized spacial score (nSPS) is 10.8. The standard InChI is InChI=1S/C22H27NO2/c1-15(2)14-18-8-10-19(11-9-18)21(24)12-13-22(25)23-20-7-5-6-16(3)17(20)4/h5-11,15H,12-14H2,1-4H3,(H,23,25). The molecule has 3 nitrogen and oxygen atoms in total. The minimum Gasteiger partial charge on any atom is -0.326 e. The lowest BCUT2D eigenvalue weighted by Crippen LogP contribution is -2.14. The second-order valence-corrected chi connectivity index (χ2v) is 7.01. The fourth-order valence-corrected chi connectivity index (χ4v) is 2.77. The highest BCUT2D eigenvalue weighted by atomic mass is 16.2. The van der Waals surface area contributed by atoms with Crippen LogP contribution in [-0.4, -0.2) is 11.7 Å². The maximum Gasteiger partial charge on any atom is 0.224 e. The molecule has 1 amide bonds. The number of hydrogen-bond donors (Lipinski definition) is 1. The van der Waals surface area contributed by atoms with E-state index < -0.39 is 0 Å². The first-order chi connectivity index (χ1) is 11.9. The van der Waals surface area contributed by atoms with Crippen molar-refractivity contribution in [2.24, 2.45) is 5.92 Å². The molecule has 2 aromatic carbocycles. The number of amides is 1. The van der Waals surface area contributed by atoms with Crippen molar-refractivity contribution in [1.29, 1.82) is 0 Å². The van der Waals surface area contributed by atoms with Crippen molar-refractivity contribution in [2.45, 2.75) is 47.0 Å². The lowest BCUT2D eigenvalue weighted by molar-refractivity contribution is -0.116. The molecule has 0 bridgehead atoms. The number of benzene rings is 2. The maximum absolute atomic E-state index is 12.3. The van der Waals surface area contributed by atoms with Crippen LogP contribution in [0.25, 0.3) is 0 Å². The average Bonchev–Trinajstić information content (AvgIpc) is 2.57. The molecule has 0 aliphatic carbocycles. The van der Waals surface area contributed by atoms with Gasteiger partial charge in [-0.15, -0.1) is 0 Å². The maximum atomic E-state index is 12.3. The fraction of sp³-hybridized carbons (Fsp3) is 0.364. The Morgan fingerprint density at radius 3 is 2.28 bits per heavy atom. The number of carbonyl (C=O) groups excluding carboxylic acids is 2. The molecule has 0 saturated heterocycles. The number of Topliss-reactive ketones (excluding diaryl/α,β-unsaturated/α-hetero) is 1. The zero-order chi connectivity index (χ0) is 18.4. The van der Waals surface area contributed by atoms with Gasteiger partial charge < -0.3 is 5.32 Å². The molecule has 2 rings (SSSR count). The first kappa shape index (κ1) is 18.9. The van der Waals surface area contributed by atoms with Gasteiger partial charge in [-0.1, -0.05) is 50.2 Å². The molecule has 0 atom stereocenters. The largest absolute Gasteiger partial charge is 0.326 e. The predicted molar refractivity (Wildman–Crippen MR) is 103 cm³/mol. The second kappa shape index (κ2) is 8.61. The quantitative estimate of drug-likeness (QED) is 0.714. The third kappa shape index (κ3) is 5.56. The number of aryl methyl sites for hydroxylation is 1. The van der Waals surface area contributed by atoms with Crippen molar-refractivity contribution in [3.8, 4) is 0 Å². The molecule has 0 aromatic heterocycles. The average molecular weight is 337 g/mol. The summed E-state index contributed by atoms with van der Waals surface area (Å²) in [4.78, 5) is 24.4. The van der Waals surface area contributed by atoms with Crippen molar-refractivity contribution in [3.05, 3.63) is 64.7 Å². The summed E-state index contributed by atoms with van der Waals surface area (Å²) in [5, 5.41) is 2.90. The van der Waals surface area contributed by atoms with E-state index in [1.54, 1.807) is 0 Å². The van der Waals surface area contributed by atoms with Gasteiger partial charge in [-0.2, -0.15) is 0 Å². The minimum absolute atomic E-state index is 0.00668. The van der Waals surface area contributed by atoms with Gasteiger partial charge in [-0.3, -0.25) is 9.59 Å². The van der Waals surface area contributed by atoms with Gasteiger partial charge in [0.05, 0.1) is 0 Å². The molecular formula is C22H27NO2. The van der Waals surface area contributed by atoms with Crippen molar-refractivity contribution in [2.75, 3.05) is 5.32 Å². The van der Waals surface area contributed by atoms with E-state index in [9.17, 15) is 9.59 Å². The SMILES string of the molecule is Cc1cccc(NC(=O)CCC(=O)c2ccc(CC(C)C)cc2)c1C. The third-order valence-electron chi connectivity index (χ3n) is 4.38. The van der Waals surface area contributed by atoms with Crippen LogP contribution >= 0.6 is 0 Å². The Morgan fingerprint density at radius 2 is 1.64 bits per heavy atom. The van der Waals surface area contributed by atoms with E-state index in [2.05, 4.69) is 19.2 Å². The van der Waals surface area contributed by atoms with E-state index in [4.69, 9.17) is 0 Å². The van der Waals surface area contributed by atoms with E-state index >= 15 is 0 Å². The smallest absolute Gasteiger partial charge is 0.224 e. The van der Waals surface area contributed by atoms with Crippen LogP contribution in [-0.2, 0) is 11.2 Å². The van der Waals surface area contributed by atoms with Crippen molar-refractivity contribution in [3.63, 3.8) is 0 Å². The number of nitrogens with one attached hydrogen (secondary N) is 1. The Morgan fingerprint density at radius 1 is 0.960 bits per heavy atom. The van der Waals surface area contributed by atoms with Gasteiger partial charge in [0.15, 0.2) is 5.78 Å². The van der Waals surface area contributed by atoms with E-state index in [0.29, 0.717) is 11.5 Å². The van der Waals surface area contributed by atoms with Gasteiger partial charge in [0.1, 0.15) is 0 Å². The zero-order valence-electron chi connectivity index (χ0n) is 15.6. The van der Waals surface area contributed by atoms with Crippen molar-refractivity contribution in [1.82, 2.24) is 0 Å². The number of anilines is 1. The van der Waals surface area contributed by atoms with E-state index in [0.717, 1.165) is 23.2 Å². The van der Waals surface area contributed by atoms with Gasteiger partial charge in [0.25, 0.3) is 0 Å². The van der Waals surface area contributed by atoms with E-state index in [1.807, 2.05) is 56.3 Å². The number of rotatable bonds is 7. The van der Waals surface area contributed by atoms with Crippen LogP contribution < -0.4 is 5.32 Å². The van der Waals surface area contributed by atoms with Crippen LogP contribution in [0, 0.1) is 19.8 Å². The minimum atomic E-state index is -0.126. The Labute approximate surface area is 150 Å². The summed E-state index contributed by atoms with van der Waals surface area (Å²) < 4.78 is 0. The number of hydrogen-bond acceptors (Lipinski definition) is 2. The van der Waals surface area contributed by atoms with Crippen LogP contribution in [0.3, 0.4) is 0 Å².